The molecule has 4 aromatic rings. The maximum atomic E-state index is 11.9. The highest BCUT2D eigenvalue weighted by Crippen LogP contribution is 2.32. The standard InChI is InChI=1S/C24H26N5O4/c1-3-32-29(30)16-19-14-21-24(33-19)22(27-9-11-31-12-10-27)15-23(25-21)28-8-7-20(26-28)18-6-4-5-17(2)13-18/h4-8,13-15H,3,9-12,16H2,1-2H3/q+1. The highest BCUT2D eigenvalue weighted by molar-refractivity contribution is 5.88. The molecule has 3 aromatic heterocycles. The van der Waals surface area contributed by atoms with Crippen LogP contribution in [0.3, 0.4) is 0 Å². The Balaban J connectivity index is 1.55. The van der Waals surface area contributed by atoms with Crippen LogP contribution in [0.5, 0.6) is 0 Å². The van der Waals surface area contributed by atoms with Crippen LogP contribution in [0.15, 0.2) is 53.1 Å². The fourth-order valence-corrected chi connectivity index (χ4v) is 4.00. The first kappa shape index (κ1) is 21.1. The van der Waals surface area contributed by atoms with Crippen molar-refractivity contribution < 1.29 is 18.9 Å². The molecule has 1 aliphatic rings. The SMILES string of the molecule is CCO[N+](=O)Cc1cc2nc(-n3ccc(-c4cccc(C)c4)n3)cc(N3CCOCC3)c2o1. The molecule has 0 amide bonds. The summed E-state index contributed by atoms with van der Waals surface area (Å²) in [5.41, 5.74) is 5.33. The van der Waals surface area contributed by atoms with Gasteiger partial charge in [-0.1, -0.05) is 23.8 Å². The summed E-state index contributed by atoms with van der Waals surface area (Å²) in [7, 11) is 0. The predicted molar refractivity (Wildman–Crippen MR) is 123 cm³/mol. The number of aromatic nitrogens is 3. The van der Waals surface area contributed by atoms with Gasteiger partial charge in [-0.3, -0.25) is 0 Å². The summed E-state index contributed by atoms with van der Waals surface area (Å²) >= 11 is 0. The Morgan fingerprint density at radius 1 is 1.15 bits per heavy atom. The monoisotopic (exact) mass is 448 g/mol. The van der Waals surface area contributed by atoms with Gasteiger partial charge in [0.15, 0.2) is 23.8 Å². The van der Waals surface area contributed by atoms with Crippen LogP contribution in [0.2, 0.25) is 0 Å². The van der Waals surface area contributed by atoms with Crippen LogP contribution in [-0.4, -0.2) is 52.6 Å². The Morgan fingerprint density at radius 2 is 2.00 bits per heavy atom. The van der Waals surface area contributed by atoms with Crippen molar-refractivity contribution in [2.45, 2.75) is 20.4 Å². The second-order valence-corrected chi connectivity index (χ2v) is 7.95. The first-order chi connectivity index (χ1) is 16.1. The van der Waals surface area contributed by atoms with E-state index in [1.165, 1.54) is 5.56 Å². The first-order valence-corrected chi connectivity index (χ1v) is 11.1. The van der Waals surface area contributed by atoms with Crippen molar-refractivity contribution in [2.24, 2.45) is 0 Å². The van der Waals surface area contributed by atoms with E-state index < -0.39 is 0 Å². The number of aryl methyl sites for hydroxylation is 1. The van der Waals surface area contributed by atoms with Gasteiger partial charge in [-0.2, -0.15) is 5.10 Å². The number of nitrogens with zero attached hydrogens (tertiary/aromatic N) is 5. The number of rotatable bonds is 7. The molecule has 1 aliphatic heterocycles. The van der Waals surface area contributed by atoms with Crippen LogP contribution < -0.4 is 4.90 Å². The van der Waals surface area contributed by atoms with Crippen LogP contribution in [0, 0.1) is 11.8 Å². The fourth-order valence-electron chi connectivity index (χ4n) is 4.00. The summed E-state index contributed by atoms with van der Waals surface area (Å²) in [6, 6.07) is 14.0. The van der Waals surface area contributed by atoms with E-state index in [-0.39, 0.29) is 6.54 Å². The highest BCUT2D eigenvalue weighted by atomic mass is 16.8. The Hall–Kier alpha value is -3.72. The van der Waals surface area contributed by atoms with E-state index in [4.69, 9.17) is 24.1 Å². The molecule has 1 aromatic carbocycles. The van der Waals surface area contributed by atoms with Crippen LogP contribution in [0.4, 0.5) is 5.69 Å². The molecular weight excluding hydrogens is 422 g/mol. The Labute approximate surface area is 191 Å². The summed E-state index contributed by atoms with van der Waals surface area (Å²) in [6.07, 6.45) is 1.91. The molecule has 170 valence electrons. The van der Waals surface area contributed by atoms with Crippen molar-refractivity contribution in [1.82, 2.24) is 14.8 Å². The zero-order chi connectivity index (χ0) is 22.8. The molecular formula is C24H26N5O4+. The molecule has 4 heterocycles. The van der Waals surface area contributed by atoms with Gasteiger partial charge in [-0.15, -0.1) is 0 Å². The number of hydrogen-bond acceptors (Lipinski definition) is 7. The van der Waals surface area contributed by atoms with Crippen molar-refractivity contribution in [3.63, 3.8) is 0 Å². The second kappa shape index (κ2) is 9.03. The van der Waals surface area contributed by atoms with Crippen LogP contribution in [-0.2, 0) is 16.1 Å². The average molecular weight is 449 g/mol. The number of anilines is 1. The van der Waals surface area contributed by atoms with E-state index in [2.05, 4.69) is 24.0 Å². The Kier molecular flexibility index (Phi) is 5.78. The first-order valence-electron chi connectivity index (χ1n) is 11.1. The molecule has 33 heavy (non-hydrogen) atoms. The van der Waals surface area contributed by atoms with Gasteiger partial charge >= 0.3 is 6.54 Å². The van der Waals surface area contributed by atoms with Crippen molar-refractivity contribution >= 4 is 16.8 Å². The molecule has 0 N–H and O–H groups in total. The Bertz CT molecular complexity index is 1290. The largest absolute Gasteiger partial charge is 0.450 e. The van der Waals surface area contributed by atoms with Crippen LogP contribution in [0.1, 0.15) is 18.2 Å². The minimum Gasteiger partial charge on any atom is -0.450 e. The van der Waals surface area contributed by atoms with Gasteiger partial charge in [0, 0.05) is 37.0 Å². The molecule has 9 heteroatoms. The molecule has 0 bridgehead atoms. The third kappa shape index (κ3) is 4.45. The van der Waals surface area contributed by atoms with E-state index in [0.29, 0.717) is 47.4 Å². The lowest BCUT2D eigenvalue weighted by atomic mass is 10.1. The van der Waals surface area contributed by atoms with Crippen LogP contribution in [0.25, 0.3) is 28.2 Å². The van der Waals surface area contributed by atoms with Crippen LogP contribution >= 0.6 is 0 Å². The smallest absolute Gasteiger partial charge is 0.305 e. The summed E-state index contributed by atoms with van der Waals surface area (Å²) < 4.78 is 13.3. The van der Waals surface area contributed by atoms with Gasteiger partial charge in [0.05, 0.1) is 29.5 Å². The number of benzene rings is 1. The van der Waals surface area contributed by atoms with Gasteiger partial charge in [0.25, 0.3) is 0 Å². The van der Waals surface area contributed by atoms with Gasteiger partial charge in [0.2, 0.25) is 4.92 Å². The van der Waals surface area contributed by atoms with Crippen molar-refractivity contribution in [1.29, 1.82) is 0 Å². The number of furan rings is 1. The summed E-state index contributed by atoms with van der Waals surface area (Å²) in [4.78, 5) is 24.4. The lowest BCUT2D eigenvalue weighted by Gasteiger charge is -2.28. The van der Waals surface area contributed by atoms with Gasteiger partial charge in [-0.05, 0) is 26.0 Å². The molecule has 0 aliphatic carbocycles. The molecule has 5 rings (SSSR count). The molecule has 0 radical (unpaired) electrons. The predicted octanol–water partition coefficient (Wildman–Crippen LogP) is 4.06. The summed E-state index contributed by atoms with van der Waals surface area (Å²) in [5, 5.41) is 4.77. The quantitative estimate of drug-likeness (QED) is 0.394. The molecule has 0 unspecified atom stereocenters. The topological polar surface area (TPSA) is 85.6 Å². The third-order valence-corrected chi connectivity index (χ3v) is 5.54. The molecule has 9 nitrogen and oxygen atoms in total. The number of fused-ring (bicyclic) bond motifs is 1. The van der Waals surface area contributed by atoms with Gasteiger partial charge < -0.3 is 14.1 Å². The molecule has 0 atom stereocenters. The second-order valence-electron chi connectivity index (χ2n) is 7.95. The van der Waals surface area contributed by atoms with E-state index in [1.54, 1.807) is 17.7 Å². The van der Waals surface area contributed by atoms with Gasteiger partial charge in [0.1, 0.15) is 5.52 Å². The van der Waals surface area contributed by atoms with Crippen molar-refractivity contribution in [3.05, 3.63) is 64.9 Å². The number of morpholine rings is 1. The maximum Gasteiger partial charge on any atom is 0.305 e. The zero-order valence-electron chi connectivity index (χ0n) is 18.7. The minimum atomic E-state index is -0.0125. The normalized spacial score (nSPS) is 14.1. The number of hydrogen-bond donors (Lipinski definition) is 0. The zero-order valence-corrected chi connectivity index (χ0v) is 18.7. The van der Waals surface area contributed by atoms with Crippen molar-refractivity contribution in [2.75, 3.05) is 37.8 Å². The molecule has 1 saturated heterocycles. The lowest BCUT2D eigenvalue weighted by Crippen LogP contribution is -2.36. The van der Waals surface area contributed by atoms with Gasteiger partial charge in [-0.25, -0.2) is 14.5 Å². The van der Waals surface area contributed by atoms with E-state index in [0.717, 1.165) is 30.0 Å². The fraction of sp³-hybridized carbons (Fsp3) is 0.333. The molecule has 0 saturated carbocycles. The molecule has 0 spiro atoms. The van der Waals surface area contributed by atoms with E-state index >= 15 is 0 Å². The summed E-state index contributed by atoms with van der Waals surface area (Å²) in [5.74, 6) is 1.17. The number of pyridine rings is 1. The highest BCUT2D eigenvalue weighted by Gasteiger charge is 2.23. The number of ether oxygens (including phenoxy) is 1. The summed E-state index contributed by atoms with van der Waals surface area (Å²) in [6.45, 7) is 6.90. The van der Waals surface area contributed by atoms with E-state index in [1.807, 2.05) is 30.5 Å². The third-order valence-electron chi connectivity index (χ3n) is 5.54. The average Bonchev–Trinajstić information content (AvgIpc) is 3.46. The van der Waals surface area contributed by atoms with E-state index in [9.17, 15) is 4.91 Å². The minimum absolute atomic E-state index is 0.0125. The van der Waals surface area contributed by atoms with Crippen molar-refractivity contribution in [3.8, 4) is 17.1 Å². The molecule has 1 fully saturated rings. The maximum absolute atomic E-state index is 11.9. The Morgan fingerprint density at radius 3 is 2.79 bits per heavy atom. The lowest BCUT2D eigenvalue weighted by molar-refractivity contribution is -0.815.